The van der Waals surface area contributed by atoms with Crippen LogP contribution >= 0.6 is 0 Å². The number of hydrogen-bond donors (Lipinski definition) is 1. The molecule has 0 saturated heterocycles. The summed E-state index contributed by atoms with van der Waals surface area (Å²) < 4.78 is 29.9. The topological polar surface area (TPSA) is 71.4 Å². The molecule has 1 N–H and O–H groups in total. The maximum Gasteiger partial charge on any atom is 0.264 e. The van der Waals surface area contributed by atoms with E-state index in [4.69, 9.17) is 0 Å². The first-order chi connectivity index (χ1) is 14.4. The van der Waals surface area contributed by atoms with Crippen LogP contribution in [0.2, 0.25) is 0 Å². The number of amides is 1. The number of aromatic nitrogens is 1. The Labute approximate surface area is 177 Å². The lowest BCUT2D eigenvalue weighted by atomic mass is 10.0. The van der Waals surface area contributed by atoms with E-state index in [-0.39, 0.29) is 10.8 Å². The molecule has 3 aromatic rings. The minimum atomic E-state index is -3.68. The van der Waals surface area contributed by atoms with Gasteiger partial charge < -0.3 is 9.88 Å². The van der Waals surface area contributed by atoms with Crippen molar-refractivity contribution < 1.29 is 13.2 Å². The van der Waals surface area contributed by atoms with Gasteiger partial charge in [0.15, 0.2) is 0 Å². The molecule has 1 amide bonds. The Morgan fingerprint density at radius 3 is 2.47 bits per heavy atom. The predicted octanol–water partition coefficient (Wildman–Crippen LogP) is 3.41. The summed E-state index contributed by atoms with van der Waals surface area (Å²) in [6, 6.07) is 17.7. The Hall–Kier alpha value is -3.06. The Morgan fingerprint density at radius 2 is 1.77 bits per heavy atom. The Bertz CT molecular complexity index is 1180. The minimum Gasteiger partial charge on any atom is -0.350 e. The standard InChI is InChI=1S/C23H25N3O3S/c1-17-9-12-20(25(17)2)16-24-23(27)19-10-13-21(14-11-19)30(28,29)26-15-5-7-18-6-3-4-8-22(18)26/h3-4,6,8-14H,5,7,15-16H2,1-2H3,(H,24,27). The molecule has 2 heterocycles. The third-order valence-corrected chi connectivity index (χ3v) is 7.51. The summed E-state index contributed by atoms with van der Waals surface area (Å²) in [7, 11) is -1.72. The van der Waals surface area contributed by atoms with Crippen molar-refractivity contribution in [1.82, 2.24) is 9.88 Å². The molecule has 0 atom stereocenters. The lowest BCUT2D eigenvalue weighted by Gasteiger charge is -2.30. The number of aryl methyl sites for hydroxylation is 2. The van der Waals surface area contributed by atoms with Crippen LogP contribution in [-0.4, -0.2) is 25.4 Å². The minimum absolute atomic E-state index is 0.189. The van der Waals surface area contributed by atoms with E-state index in [2.05, 4.69) is 5.32 Å². The maximum atomic E-state index is 13.2. The Balaban J connectivity index is 1.50. The van der Waals surface area contributed by atoms with E-state index in [1.165, 1.54) is 16.4 Å². The van der Waals surface area contributed by atoms with E-state index in [0.29, 0.717) is 18.7 Å². The van der Waals surface area contributed by atoms with Crippen LogP contribution in [-0.2, 0) is 30.0 Å². The zero-order chi connectivity index (χ0) is 21.3. The lowest BCUT2D eigenvalue weighted by molar-refractivity contribution is 0.0950. The molecule has 30 heavy (non-hydrogen) atoms. The molecule has 0 aliphatic carbocycles. The number of rotatable bonds is 5. The summed E-state index contributed by atoms with van der Waals surface area (Å²) in [6.45, 7) is 2.87. The molecule has 2 aromatic carbocycles. The normalized spacial score (nSPS) is 13.7. The number of carbonyl (C=O) groups excluding carboxylic acids is 1. The summed E-state index contributed by atoms with van der Waals surface area (Å²) in [6.07, 6.45) is 1.66. The highest BCUT2D eigenvalue weighted by Gasteiger charge is 2.28. The second kappa shape index (κ2) is 7.99. The summed E-state index contributed by atoms with van der Waals surface area (Å²) in [5.41, 5.74) is 4.33. The molecule has 6 nitrogen and oxygen atoms in total. The van der Waals surface area contributed by atoms with Crippen molar-refractivity contribution in [2.24, 2.45) is 7.05 Å². The number of hydrogen-bond acceptors (Lipinski definition) is 3. The molecule has 7 heteroatoms. The zero-order valence-corrected chi connectivity index (χ0v) is 17.9. The lowest BCUT2D eigenvalue weighted by Crippen LogP contribution is -2.35. The molecule has 1 aromatic heterocycles. The molecule has 4 rings (SSSR count). The number of nitrogens with one attached hydrogen (secondary N) is 1. The highest BCUT2D eigenvalue weighted by molar-refractivity contribution is 7.92. The van der Waals surface area contributed by atoms with Crippen molar-refractivity contribution >= 4 is 21.6 Å². The second-order valence-electron chi connectivity index (χ2n) is 7.54. The highest BCUT2D eigenvalue weighted by atomic mass is 32.2. The van der Waals surface area contributed by atoms with Gasteiger partial charge in [0.1, 0.15) is 0 Å². The Kier molecular flexibility index (Phi) is 5.39. The largest absolute Gasteiger partial charge is 0.350 e. The van der Waals surface area contributed by atoms with Crippen LogP contribution in [0.25, 0.3) is 0 Å². The summed E-state index contributed by atoms with van der Waals surface area (Å²) in [5, 5.41) is 2.88. The van der Waals surface area contributed by atoms with E-state index >= 15 is 0 Å². The fourth-order valence-corrected chi connectivity index (χ4v) is 5.31. The molecule has 0 unspecified atom stereocenters. The van der Waals surface area contributed by atoms with Crippen LogP contribution in [0.5, 0.6) is 0 Å². The van der Waals surface area contributed by atoms with Gasteiger partial charge in [-0.2, -0.15) is 0 Å². The third-order valence-electron chi connectivity index (χ3n) is 5.68. The molecular formula is C23H25N3O3S. The molecule has 0 spiro atoms. The van der Waals surface area contributed by atoms with Gasteiger partial charge in [-0.25, -0.2) is 8.42 Å². The van der Waals surface area contributed by atoms with Crippen LogP contribution in [0, 0.1) is 6.92 Å². The molecule has 0 radical (unpaired) electrons. The first kappa shape index (κ1) is 20.2. The van der Waals surface area contributed by atoms with Crippen LogP contribution < -0.4 is 9.62 Å². The number of benzene rings is 2. The molecule has 1 aliphatic rings. The van der Waals surface area contributed by atoms with Crippen molar-refractivity contribution in [1.29, 1.82) is 0 Å². The summed E-state index contributed by atoms with van der Waals surface area (Å²) >= 11 is 0. The van der Waals surface area contributed by atoms with Gasteiger partial charge >= 0.3 is 0 Å². The first-order valence-corrected chi connectivity index (χ1v) is 11.4. The van der Waals surface area contributed by atoms with Crippen molar-refractivity contribution in [3.8, 4) is 0 Å². The van der Waals surface area contributed by atoms with Crippen molar-refractivity contribution in [2.45, 2.75) is 31.2 Å². The van der Waals surface area contributed by atoms with Gasteiger partial charge in [0.25, 0.3) is 15.9 Å². The van der Waals surface area contributed by atoms with Crippen LogP contribution in [0.1, 0.15) is 33.7 Å². The predicted molar refractivity (Wildman–Crippen MR) is 117 cm³/mol. The van der Waals surface area contributed by atoms with Crippen molar-refractivity contribution in [3.63, 3.8) is 0 Å². The van der Waals surface area contributed by atoms with E-state index < -0.39 is 10.0 Å². The molecule has 0 fully saturated rings. The third kappa shape index (κ3) is 3.73. The Morgan fingerprint density at radius 1 is 1.03 bits per heavy atom. The SMILES string of the molecule is Cc1ccc(CNC(=O)c2ccc(S(=O)(=O)N3CCCc4ccccc43)cc2)n1C. The fourth-order valence-electron chi connectivity index (χ4n) is 3.77. The van der Waals surface area contributed by atoms with Crippen molar-refractivity contribution in [3.05, 3.63) is 83.2 Å². The molecule has 1 aliphatic heterocycles. The van der Waals surface area contributed by atoms with Gasteiger partial charge in [-0.1, -0.05) is 18.2 Å². The van der Waals surface area contributed by atoms with E-state index in [0.717, 1.165) is 35.5 Å². The highest BCUT2D eigenvalue weighted by Crippen LogP contribution is 2.31. The number of para-hydroxylation sites is 1. The summed E-state index contributed by atoms with van der Waals surface area (Å²) in [5.74, 6) is -0.235. The number of carbonyl (C=O) groups is 1. The summed E-state index contributed by atoms with van der Waals surface area (Å²) in [4.78, 5) is 12.7. The van der Waals surface area contributed by atoms with Gasteiger partial charge in [-0.15, -0.1) is 0 Å². The molecular weight excluding hydrogens is 398 g/mol. The average Bonchev–Trinajstić information content (AvgIpc) is 3.09. The van der Waals surface area contributed by atoms with Gasteiger partial charge in [0.2, 0.25) is 0 Å². The number of anilines is 1. The van der Waals surface area contributed by atoms with Gasteiger partial charge in [-0.05, 0) is 67.8 Å². The van der Waals surface area contributed by atoms with E-state index in [1.807, 2.05) is 54.9 Å². The maximum absolute atomic E-state index is 13.2. The number of sulfonamides is 1. The quantitative estimate of drug-likeness (QED) is 0.684. The monoisotopic (exact) mass is 423 g/mol. The van der Waals surface area contributed by atoms with Crippen LogP contribution in [0.15, 0.2) is 65.6 Å². The first-order valence-electron chi connectivity index (χ1n) is 9.98. The molecule has 0 saturated carbocycles. The number of fused-ring (bicyclic) bond motifs is 1. The molecule has 0 bridgehead atoms. The van der Waals surface area contributed by atoms with Crippen LogP contribution in [0.3, 0.4) is 0 Å². The zero-order valence-electron chi connectivity index (χ0n) is 17.1. The van der Waals surface area contributed by atoms with E-state index in [9.17, 15) is 13.2 Å². The fraction of sp³-hybridized carbons (Fsp3) is 0.261. The second-order valence-corrected chi connectivity index (χ2v) is 9.40. The smallest absolute Gasteiger partial charge is 0.264 e. The number of nitrogens with zero attached hydrogens (tertiary/aromatic N) is 2. The van der Waals surface area contributed by atoms with Gasteiger partial charge in [-0.3, -0.25) is 9.10 Å². The van der Waals surface area contributed by atoms with Crippen molar-refractivity contribution in [2.75, 3.05) is 10.8 Å². The van der Waals surface area contributed by atoms with Gasteiger partial charge in [0.05, 0.1) is 17.1 Å². The average molecular weight is 424 g/mol. The molecule has 156 valence electrons. The van der Waals surface area contributed by atoms with Gasteiger partial charge in [0, 0.05) is 30.5 Å². The van der Waals surface area contributed by atoms with Crippen LogP contribution in [0.4, 0.5) is 5.69 Å². The van der Waals surface area contributed by atoms with E-state index in [1.54, 1.807) is 12.1 Å².